The maximum absolute atomic E-state index is 14.7. The molecule has 0 bridgehead atoms. The number of carbonyl (C=O) groups is 1. The molecule has 2 aliphatic carbocycles. The van der Waals surface area contributed by atoms with Gasteiger partial charge in [-0.05, 0) is 131 Å². The molecule has 2 saturated carbocycles. The maximum Gasteiger partial charge on any atom is 0.288 e. The Morgan fingerprint density at radius 3 is 2.59 bits per heavy atom. The van der Waals surface area contributed by atoms with Crippen molar-refractivity contribution in [3.63, 3.8) is 0 Å². The Kier molecular flexibility index (Phi) is 12.5. The first-order chi connectivity index (χ1) is 32.5. The first kappa shape index (κ1) is 46.5. The molecule has 2 atom stereocenters. The Labute approximate surface area is 400 Å². The number of anilines is 1. The fourth-order valence-corrected chi connectivity index (χ4v) is 13.9. The van der Waals surface area contributed by atoms with Gasteiger partial charge in [-0.2, -0.15) is 0 Å². The van der Waals surface area contributed by atoms with Crippen LogP contribution in [0.1, 0.15) is 125 Å². The zero-order valence-electron chi connectivity index (χ0n) is 38.7. The molecular formula is C51H59FN6O8S2. The highest BCUT2D eigenvalue weighted by Crippen LogP contribution is 2.55. The van der Waals surface area contributed by atoms with Crippen LogP contribution in [0.3, 0.4) is 0 Å². The van der Waals surface area contributed by atoms with E-state index in [1.54, 1.807) is 12.1 Å². The molecule has 360 valence electrons. The lowest BCUT2D eigenvalue weighted by atomic mass is 9.59. The zero-order valence-corrected chi connectivity index (χ0v) is 40.3. The second kappa shape index (κ2) is 18.3. The van der Waals surface area contributed by atoms with Gasteiger partial charge in [0.1, 0.15) is 40.2 Å². The van der Waals surface area contributed by atoms with E-state index in [0.717, 1.165) is 63.5 Å². The van der Waals surface area contributed by atoms with Crippen molar-refractivity contribution in [1.82, 2.24) is 19.6 Å². The minimum atomic E-state index is -4.69. The maximum atomic E-state index is 14.7. The molecule has 68 heavy (non-hydrogen) atoms. The largest absolute Gasteiger partial charge is 0.491 e. The van der Waals surface area contributed by atoms with Gasteiger partial charge in [0.2, 0.25) is 0 Å². The molecule has 5 aromatic rings. The van der Waals surface area contributed by atoms with E-state index >= 15 is 0 Å². The van der Waals surface area contributed by atoms with Crippen LogP contribution in [0.15, 0.2) is 82.8 Å². The van der Waals surface area contributed by atoms with E-state index in [1.165, 1.54) is 79.2 Å². The lowest BCUT2D eigenvalue weighted by Crippen LogP contribution is -2.54. The number of aromatic amines is 1. The minimum absolute atomic E-state index is 0.0295. The molecule has 5 aliphatic rings. The molecule has 4 fully saturated rings. The van der Waals surface area contributed by atoms with E-state index in [9.17, 15) is 32.8 Å². The Morgan fingerprint density at radius 2 is 1.84 bits per heavy atom. The van der Waals surface area contributed by atoms with Crippen LogP contribution in [-0.4, -0.2) is 82.4 Å². The summed E-state index contributed by atoms with van der Waals surface area (Å²) in [6.07, 6.45) is 13.1. The molecule has 3 aliphatic heterocycles. The number of H-pyrrole nitrogens is 1. The third kappa shape index (κ3) is 9.30. The number of hydrogen-bond donors (Lipinski definition) is 3. The van der Waals surface area contributed by atoms with E-state index < -0.39 is 42.9 Å². The summed E-state index contributed by atoms with van der Waals surface area (Å²) >= 11 is 1.30. The molecule has 1 spiro atoms. The summed E-state index contributed by atoms with van der Waals surface area (Å²) in [5.74, 6) is -0.526. The van der Waals surface area contributed by atoms with E-state index in [1.807, 2.05) is 6.92 Å². The zero-order chi connectivity index (χ0) is 47.5. The number of likely N-dealkylation sites (tertiary alicyclic amines) is 1. The lowest BCUT2D eigenvalue weighted by Gasteiger charge is -2.56. The number of hydrogen-bond acceptors (Lipinski definition) is 12. The number of nitrogens with one attached hydrogen (secondary N) is 2. The molecule has 14 nitrogen and oxygen atoms in total. The van der Waals surface area contributed by atoms with Gasteiger partial charge in [0, 0.05) is 60.5 Å². The molecule has 3 aromatic carbocycles. The molecular weight excluding hydrogens is 908 g/mol. The first-order valence-electron chi connectivity index (χ1n) is 24.0. The van der Waals surface area contributed by atoms with Gasteiger partial charge >= 0.3 is 0 Å². The van der Waals surface area contributed by atoms with Crippen LogP contribution in [0, 0.1) is 27.3 Å². The highest BCUT2D eigenvalue weighted by Gasteiger charge is 2.50. The molecule has 2 saturated heterocycles. The number of sulfonamides is 1. The van der Waals surface area contributed by atoms with Crippen LogP contribution in [-0.2, 0) is 10.0 Å². The van der Waals surface area contributed by atoms with E-state index in [-0.39, 0.29) is 50.4 Å². The molecule has 2 aromatic heterocycles. The average molecular weight is 967 g/mol. The molecule has 5 heterocycles. The smallest absolute Gasteiger partial charge is 0.288 e. The Bertz CT molecular complexity index is 2850. The van der Waals surface area contributed by atoms with Gasteiger partial charge < -0.3 is 24.5 Å². The summed E-state index contributed by atoms with van der Waals surface area (Å²) in [5.41, 5.74) is 3.05. The fraction of sp³-hybridized carbons (Fsp3) is 0.490. The van der Waals surface area contributed by atoms with Gasteiger partial charge in [0.25, 0.3) is 21.6 Å². The van der Waals surface area contributed by atoms with Crippen LogP contribution in [0.4, 0.5) is 15.8 Å². The molecule has 3 N–H and O–H groups in total. The molecule has 10 rings (SSSR count). The normalized spacial score (nSPS) is 24.1. The summed E-state index contributed by atoms with van der Waals surface area (Å²) < 4.78 is 57.0. The van der Waals surface area contributed by atoms with Crippen molar-refractivity contribution in [1.29, 1.82) is 0 Å². The number of nitro benzene ring substituents is 1. The van der Waals surface area contributed by atoms with Crippen molar-refractivity contribution in [2.75, 3.05) is 31.1 Å². The van der Waals surface area contributed by atoms with Gasteiger partial charge in [0.05, 0.1) is 32.6 Å². The number of aromatic nitrogens is 2. The highest BCUT2D eigenvalue weighted by molar-refractivity contribution is 8.00. The monoisotopic (exact) mass is 966 g/mol. The van der Waals surface area contributed by atoms with Gasteiger partial charge in [-0.3, -0.25) is 19.8 Å². The highest BCUT2D eigenvalue weighted by atomic mass is 32.2. The summed E-state index contributed by atoms with van der Waals surface area (Å²) in [6.45, 7) is 9.32. The van der Waals surface area contributed by atoms with Gasteiger partial charge in [-0.15, -0.1) is 11.8 Å². The summed E-state index contributed by atoms with van der Waals surface area (Å²) in [7, 11) is -4.69. The van der Waals surface area contributed by atoms with E-state index in [0.29, 0.717) is 42.4 Å². The number of amides is 1. The number of carbonyl (C=O) groups excluding carboxylic acids is 1. The number of pyridine rings is 1. The number of halogens is 1. The molecule has 0 radical (unpaired) electrons. The van der Waals surface area contributed by atoms with Crippen molar-refractivity contribution in [3.05, 3.63) is 106 Å². The number of aliphatic hydroxyl groups is 1. The molecule has 17 heteroatoms. The van der Waals surface area contributed by atoms with Crippen molar-refractivity contribution >= 4 is 50.1 Å². The Morgan fingerprint density at radius 1 is 1.07 bits per heavy atom. The molecule has 1 unspecified atom stereocenters. The number of nitro groups is 1. The van der Waals surface area contributed by atoms with Crippen LogP contribution in [0.5, 0.6) is 17.2 Å². The lowest BCUT2D eigenvalue weighted by molar-refractivity contribution is -0.388. The van der Waals surface area contributed by atoms with Crippen molar-refractivity contribution in [2.45, 2.75) is 130 Å². The minimum Gasteiger partial charge on any atom is -0.491 e. The van der Waals surface area contributed by atoms with E-state index in [4.69, 9.17) is 9.47 Å². The van der Waals surface area contributed by atoms with Gasteiger partial charge in [-0.1, -0.05) is 38.1 Å². The summed E-state index contributed by atoms with van der Waals surface area (Å²) in [5, 5.41) is 22.9. The van der Waals surface area contributed by atoms with Crippen molar-refractivity contribution in [2.24, 2.45) is 11.3 Å². The summed E-state index contributed by atoms with van der Waals surface area (Å²) in [6, 6.07) is 18.6. The topological polar surface area (TPSA) is 180 Å². The number of rotatable bonds is 12. The predicted molar refractivity (Wildman–Crippen MR) is 259 cm³/mol. The summed E-state index contributed by atoms with van der Waals surface area (Å²) in [4.78, 5) is 37.7. The van der Waals surface area contributed by atoms with Gasteiger partial charge in [-0.25, -0.2) is 22.5 Å². The Balaban J connectivity index is 0.853. The Hall–Kier alpha value is -5.23. The number of thioether (sulfide) groups is 1. The fourth-order valence-electron chi connectivity index (χ4n) is 11.6. The predicted octanol–water partition coefficient (Wildman–Crippen LogP) is 10.4. The quantitative estimate of drug-likeness (QED) is 0.0797. The average Bonchev–Trinajstić information content (AvgIpc) is 3.94. The van der Waals surface area contributed by atoms with Crippen molar-refractivity contribution in [3.8, 4) is 17.2 Å². The second-order valence-corrected chi connectivity index (χ2v) is 23.4. The van der Waals surface area contributed by atoms with Crippen LogP contribution >= 0.6 is 11.8 Å². The standard InChI is InChI=1S/C51H59FN6O8S2/c1-31(2)38-7-4-5-8-39(38)43-9-6-18-57(43)34-26-51(27-34)16-19-56(20-17-51)33-10-11-40(45(22-33)66-35-23-41-42(52)29-54-48(41)53-28-35)49(59)55-68(63,64)37-24-44(58(61)62)47-46(25-37)65-30-36(67-47)21-32-12-14-50(3,60)15-13-32/h4-5,7-8,10-11,22-25,28-29,31-32,34,36,43,60H,6,9,12-21,26-27,30H2,1-3H3,(H,53,54)(H,55,59)/t32?,36?,43-,50?/m0/s1. The van der Waals surface area contributed by atoms with Crippen LogP contribution in [0.25, 0.3) is 11.0 Å². The second-order valence-electron chi connectivity index (χ2n) is 20.4. The van der Waals surface area contributed by atoms with Gasteiger partial charge in [0.15, 0.2) is 0 Å². The number of nitrogens with zero attached hydrogens (tertiary/aromatic N) is 4. The van der Waals surface area contributed by atoms with Crippen molar-refractivity contribution < 1.29 is 37.1 Å². The number of fused-ring (bicyclic) bond motifs is 2. The number of benzene rings is 3. The van der Waals surface area contributed by atoms with Crippen LogP contribution in [0.2, 0.25) is 0 Å². The first-order valence-corrected chi connectivity index (χ1v) is 26.4. The molecule has 1 amide bonds. The third-order valence-electron chi connectivity index (χ3n) is 15.4. The number of piperidine rings is 1. The number of ether oxygens (including phenoxy) is 2. The van der Waals surface area contributed by atoms with E-state index in [2.05, 4.69) is 62.6 Å². The third-order valence-corrected chi connectivity index (χ3v) is 18.0. The van der Waals surface area contributed by atoms with Crippen LogP contribution < -0.4 is 19.1 Å². The SMILES string of the molecule is CC(C)c1ccccc1[C@@H]1CCCN1C1CC2(CCN(c3ccc(C(=O)NS(=O)(=O)c4cc5c(c([N+](=O)[O-])c4)SC(CC4CCC(C)(O)CC4)CO5)c(Oc4cnc5[nH]cc(F)c5c4)c3)CC2)C1.